The van der Waals surface area contributed by atoms with E-state index in [1.165, 1.54) is 15.6 Å². The fraction of sp³-hybridized carbons (Fsp3) is 0.485. The number of aromatic nitrogens is 4. The number of hydrogen-bond acceptors (Lipinski definition) is 8. The van der Waals surface area contributed by atoms with Crippen LogP contribution in [0.2, 0.25) is 0 Å². The zero-order valence-corrected chi connectivity index (χ0v) is 28.3. The standard InChI is InChI=1S/C33H40F2N6O5S/c1-33(2,3)46-32(43)39-17-22(18-39)41-31(42)24-10-8-7-9-23(24)25(38-41)15-30-37-26-14-28(45-19-29(34)35)21(16-36)13-27(26)40(30)20-44-11-12-47(4,5)6/h7-10,13-14,22,29H,11-12,15,17-20H2,1-6H3. The molecule has 2 aromatic heterocycles. The van der Waals surface area contributed by atoms with E-state index in [-0.39, 0.29) is 49.2 Å². The Morgan fingerprint density at radius 3 is 2.49 bits per heavy atom. The van der Waals surface area contributed by atoms with Crippen molar-refractivity contribution in [2.24, 2.45) is 0 Å². The Kier molecular flexibility index (Phi) is 9.79. The summed E-state index contributed by atoms with van der Waals surface area (Å²) in [4.78, 5) is 32.5. The lowest BCUT2D eigenvalue weighted by Gasteiger charge is -2.39. The number of hydrogen-bond donors (Lipinski definition) is 0. The summed E-state index contributed by atoms with van der Waals surface area (Å²) in [5.74, 6) is 1.46. The highest BCUT2D eigenvalue weighted by molar-refractivity contribution is 8.32. The van der Waals surface area contributed by atoms with E-state index in [9.17, 15) is 23.6 Å². The van der Waals surface area contributed by atoms with E-state index < -0.39 is 34.8 Å². The summed E-state index contributed by atoms with van der Waals surface area (Å²) in [6.45, 7) is 5.75. The van der Waals surface area contributed by atoms with Gasteiger partial charge in [-0.05, 0) is 51.7 Å². The topological polar surface area (TPSA) is 125 Å². The van der Waals surface area contributed by atoms with Gasteiger partial charge in [0.2, 0.25) is 0 Å². The van der Waals surface area contributed by atoms with Crippen LogP contribution < -0.4 is 10.3 Å². The van der Waals surface area contributed by atoms with Gasteiger partial charge in [0.05, 0.1) is 46.7 Å². The zero-order valence-electron chi connectivity index (χ0n) is 27.5. The third kappa shape index (κ3) is 8.02. The quantitative estimate of drug-likeness (QED) is 0.197. The number of rotatable bonds is 11. The molecule has 1 saturated heterocycles. The molecule has 0 bridgehead atoms. The Labute approximate surface area is 273 Å². The van der Waals surface area contributed by atoms with Crippen LogP contribution >= 0.6 is 10.0 Å². The van der Waals surface area contributed by atoms with E-state index >= 15 is 0 Å². The molecule has 1 aliphatic heterocycles. The second-order valence-corrected chi connectivity index (χ2v) is 18.0. The highest BCUT2D eigenvalue weighted by Crippen LogP contribution is 2.34. The van der Waals surface area contributed by atoms with Gasteiger partial charge in [-0.25, -0.2) is 33.3 Å². The number of amides is 1. The number of nitrogens with zero attached hydrogens (tertiary/aromatic N) is 6. The molecule has 1 fully saturated rings. The van der Waals surface area contributed by atoms with E-state index in [2.05, 4.69) is 18.8 Å². The lowest BCUT2D eigenvalue weighted by molar-refractivity contribution is -0.00101. The molecule has 0 spiro atoms. The van der Waals surface area contributed by atoms with Crippen molar-refractivity contribution in [3.63, 3.8) is 0 Å². The monoisotopic (exact) mass is 670 g/mol. The Bertz CT molecular complexity index is 1880. The molecule has 0 aliphatic carbocycles. The van der Waals surface area contributed by atoms with Crippen LogP contribution in [0.1, 0.15) is 43.9 Å². The van der Waals surface area contributed by atoms with Gasteiger partial charge in [0, 0.05) is 30.3 Å². The van der Waals surface area contributed by atoms with E-state index in [4.69, 9.17) is 24.3 Å². The average molecular weight is 671 g/mol. The highest BCUT2D eigenvalue weighted by atomic mass is 32.3. The van der Waals surface area contributed by atoms with Gasteiger partial charge < -0.3 is 23.7 Å². The van der Waals surface area contributed by atoms with Crippen LogP contribution in [0.15, 0.2) is 41.2 Å². The van der Waals surface area contributed by atoms with Crippen molar-refractivity contribution in [1.82, 2.24) is 24.2 Å². The first kappa shape index (κ1) is 34.1. The molecule has 2 aromatic carbocycles. The third-order valence-corrected chi connectivity index (χ3v) is 8.96. The first-order valence-electron chi connectivity index (χ1n) is 15.2. The summed E-state index contributed by atoms with van der Waals surface area (Å²) >= 11 is 0. The molecule has 3 heterocycles. The first-order chi connectivity index (χ1) is 22.1. The number of nitriles is 1. The van der Waals surface area contributed by atoms with E-state index in [0.29, 0.717) is 39.9 Å². The minimum atomic E-state index is -2.70. The number of alkyl halides is 2. The summed E-state index contributed by atoms with van der Waals surface area (Å²) < 4.78 is 46.0. The van der Waals surface area contributed by atoms with Crippen LogP contribution in [0, 0.1) is 11.3 Å². The molecule has 47 heavy (non-hydrogen) atoms. The molecular weight excluding hydrogens is 630 g/mol. The highest BCUT2D eigenvalue weighted by Gasteiger charge is 2.36. The zero-order chi connectivity index (χ0) is 34.1. The van der Waals surface area contributed by atoms with Crippen LogP contribution in [0.3, 0.4) is 0 Å². The lowest BCUT2D eigenvalue weighted by atomic mass is 10.1. The van der Waals surface area contributed by atoms with Gasteiger partial charge in [0.25, 0.3) is 12.0 Å². The molecule has 0 N–H and O–H groups in total. The Balaban J connectivity index is 1.53. The third-order valence-electron chi connectivity index (χ3n) is 7.56. The number of imidazole rings is 1. The predicted molar refractivity (Wildman–Crippen MR) is 178 cm³/mol. The summed E-state index contributed by atoms with van der Waals surface area (Å²) in [5.41, 5.74) is 0.800. The summed E-state index contributed by atoms with van der Waals surface area (Å²) in [6, 6.07) is 11.9. The van der Waals surface area contributed by atoms with Crippen molar-refractivity contribution >= 4 is 37.9 Å². The largest absolute Gasteiger partial charge is 0.486 e. The van der Waals surface area contributed by atoms with Crippen LogP contribution in [-0.2, 0) is 22.6 Å². The van der Waals surface area contributed by atoms with Crippen LogP contribution in [0.5, 0.6) is 5.75 Å². The van der Waals surface area contributed by atoms with Crippen molar-refractivity contribution in [1.29, 1.82) is 5.26 Å². The number of fused-ring (bicyclic) bond motifs is 2. The number of likely N-dealkylation sites (tertiary alicyclic amines) is 1. The maximum absolute atomic E-state index is 13.6. The van der Waals surface area contributed by atoms with Gasteiger partial charge in [0.1, 0.15) is 36.6 Å². The van der Waals surface area contributed by atoms with Crippen LogP contribution in [0.4, 0.5) is 13.6 Å². The van der Waals surface area contributed by atoms with Gasteiger partial charge in [0.15, 0.2) is 0 Å². The summed E-state index contributed by atoms with van der Waals surface area (Å²) in [5, 5.41) is 15.7. The smallest absolute Gasteiger partial charge is 0.410 e. The van der Waals surface area contributed by atoms with Gasteiger partial charge in [-0.1, -0.05) is 18.2 Å². The Morgan fingerprint density at radius 1 is 1.15 bits per heavy atom. The fourth-order valence-electron chi connectivity index (χ4n) is 5.19. The van der Waals surface area contributed by atoms with Crippen LogP contribution in [0.25, 0.3) is 21.8 Å². The molecule has 5 rings (SSSR count). The van der Waals surface area contributed by atoms with Crippen molar-refractivity contribution in [2.45, 2.75) is 52.0 Å². The van der Waals surface area contributed by atoms with Crippen molar-refractivity contribution in [3.8, 4) is 11.8 Å². The maximum Gasteiger partial charge on any atom is 0.410 e. The summed E-state index contributed by atoms with van der Waals surface area (Å²) in [7, 11) is -0.798. The molecule has 14 heteroatoms. The van der Waals surface area contributed by atoms with Gasteiger partial charge in [-0.3, -0.25) is 4.79 Å². The maximum atomic E-state index is 13.6. The Hall–Kier alpha value is -4.22. The summed E-state index contributed by atoms with van der Waals surface area (Å²) in [6.07, 6.45) is 3.66. The Morgan fingerprint density at radius 2 is 1.85 bits per heavy atom. The minimum Gasteiger partial charge on any atom is -0.486 e. The van der Waals surface area contributed by atoms with E-state index in [1.54, 1.807) is 39.0 Å². The number of halogens is 2. The number of ether oxygens (including phenoxy) is 3. The molecule has 0 unspecified atom stereocenters. The average Bonchev–Trinajstić information content (AvgIpc) is 3.29. The SMILES string of the molecule is CC(C)(C)OC(=O)N1CC(n2nc(Cc3nc4cc(OCC(F)F)c(C#N)cc4n3COCCS(C)(C)C)c3ccccc3c2=O)C1. The number of carbonyl (C=O) groups is 1. The van der Waals surface area contributed by atoms with Crippen molar-refractivity contribution < 1.29 is 27.8 Å². The number of benzene rings is 2. The second kappa shape index (κ2) is 13.5. The van der Waals surface area contributed by atoms with Gasteiger partial charge in [-0.15, -0.1) is 0 Å². The molecular formula is C33H40F2N6O5S. The van der Waals surface area contributed by atoms with Crippen LogP contribution in [-0.4, -0.2) is 93.2 Å². The minimum absolute atomic E-state index is 0.0189. The normalized spacial score (nSPS) is 14.4. The predicted octanol–water partition coefficient (Wildman–Crippen LogP) is 5.31. The molecule has 0 radical (unpaired) electrons. The molecule has 1 amide bonds. The molecule has 11 nitrogen and oxygen atoms in total. The molecule has 0 atom stereocenters. The molecule has 4 aromatic rings. The second-order valence-electron chi connectivity index (χ2n) is 13.4. The van der Waals surface area contributed by atoms with Crippen molar-refractivity contribution in [2.75, 3.05) is 50.8 Å². The van der Waals surface area contributed by atoms with E-state index in [0.717, 1.165) is 5.75 Å². The number of carbonyl (C=O) groups excluding carboxylic acids is 1. The van der Waals surface area contributed by atoms with Gasteiger partial charge >= 0.3 is 6.09 Å². The molecule has 0 saturated carbocycles. The lowest BCUT2D eigenvalue weighted by Crippen LogP contribution is -2.54. The first-order valence-corrected chi connectivity index (χ1v) is 18.2. The molecule has 1 aliphatic rings. The molecule has 252 valence electrons. The van der Waals surface area contributed by atoms with E-state index in [1.807, 2.05) is 22.8 Å². The van der Waals surface area contributed by atoms with Gasteiger partial charge in [-0.2, -0.15) is 10.4 Å². The van der Waals surface area contributed by atoms with Crippen molar-refractivity contribution in [3.05, 3.63) is 63.8 Å². The fourth-order valence-corrected chi connectivity index (χ4v) is 5.81.